The minimum Gasteiger partial charge on any atom is -0.310 e. The largest absolute Gasteiger partial charge is 0.310 e. The third-order valence-corrected chi connectivity index (χ3v) is 7.82. The minimum atomic E-state index is -0.647. The lowest BCUT2D eigenvalue weighted by atomic mass is 9.88. The van der Waals surface area contributed by atoms with Crippen LogP contribution in [0.5, 0.6) is 0 Å². The second-order valence-electron chi connectivity index (χ2n) is 9.54. The van der Waals surface area contributed by atoms with Crippen molar-refractivity contribution < 1.29 is 9.92 Å². The third kappa shape index (κ3) is 3.72. The van der Waals surface area contributed by atoms with Gasteiger partial charge in [-0.05, 0) is 85.9 Å². The van der Waals surface area contributed by atoms with Crippen molar-refractivity contribution in [1.29, 1.82) is 0 Å². The van der Waals surface area contributed by atoms with Gasteiger partial charge >= 0.3 is 0 Å². The van der Waals surface area contributed by atoms with Gasteiger partial charge in [0.15, 0.2) is 0 Å². The molecule has 4 nitrogen and oxygen atoms in total. The average Bonchev–Trinajstić information content (AvgIpc) is 3.43. The fourth-order valence-corrected chi connectivity index (χ4v) is 5.78. The molecule has 0 radical (unpaired) electrons. The molecule has 6 aliphatic carbocycles. The fourth-order valence-electron chi connectivity index (χ4n) is 5.78. The van der Waals surface area contributed by atoms with Gasteiger partial charge < -0.3 is 4.84 Å². The van der Waals surface area contributed by atoms with E-state index in [4.69, 9.17) is 0 Å². The molecule has 0 aliphatic heterocycles. The van der Waals surface area contributed by atoms with E-state index in [2.05, 4.69) is 18.7 Å². The van der Waals surface area contributed by atoms with Crippen molar-refractivity contribution in [3.8, 4) is 0 Å². The number of hydrogen-bond donors (Lipinski definition) is 0. The second kappa shape index (κ2) is 6.49. The van der Waals surface area contributed by atoms with Crippen molar-refractivity contribution >= 4 is 0 Å². The van der Waals surface area contributed by atoms with E-state index in [0.717, 1.165) is 37.0 Å². The van der Waals surface area contributed by atoms with Crippen LogP contribution in [0.15, 0.2) is 0 Å². The van der Waals surface area contributed by atoms with Gasteiger partial charge in [-0.25, -0.2) is 0 Å². The standard InChI is InChI=1S/C7H11NO3.C7H12.C6H10/c9-8(10)11-7-3-1-2-5-4-6(5)7;1-5-2-3-6-4-7(5)6;1-4-2-5-3-6(4)5/h5-7H,1-4H2;5-7H,2-4H2,1H3;4-6H,2-3H2,1H3. The first-order chi connectivity index (χ1) is 11.5. The van der Waals surface area contributed by atoms with Crippen LogP contribution in [0.2, 0.25) is 0 Å². The van der Waals surface area contributed by atoms with Gasteiger partial charge in [0.05, 0.1) is 0 Å². The molecule has 0 aromatic carbocycles. The van der Waals surface area contributed by atoms with Gasteiger partial charge in [0.1, 0.15) is 6.10 Å². The van der Waals surface area contributed by atoms with Crippen LogP contribution in [0, 0.1) is 57.5 Å². The number of nitrogens with zero attached hydrogens (tertiary/aromatic N) is 1. The summed E-state index contributed by atoms with van der Waals surface area (Å²) >= 11 is 0. The Morgan fingerprint density at radius 2 is 1.46 bits per heavy atom. The first kappa shape index (κ1) is 16.7. The van der Waals surface area contributed by atoms with Crippen LogP contribution in [0.3, 0.4) is 0 Å². The summed E-state index contributed by atoms with van der Waals surface area (Å²) in [5.41, 5.74) is 0. The van der Waals surface area contributed by atoms with Crippen molar-refractivity contribution in [2.75, 3.05) is 0 Å². The summed E-state index contributed by atoms with van der Waals surface area (Å²) in [6.45, 7) is 4.77. The molecule has 0 spiro atoms. The first-order valence-corrected chi connectivity index (χ1v) is 10.3. The van der Waals surface area contributed by atoms with Crippen molar-refractivity contribution in [1.82, 2.24) is 0 Å². The highest BCUT2D eigenvalue weighted by Gasteiger charge is 2.50. The molecule has 24 heavy (non-hydrogen) atoms. The SMILES string of the molecule is CC1CC2CC12.CC1CCC2CC12.O=[N+]([O-])OC1CCCC2CC21. The molecule has 6 aliphatic rings. The third-order valence-electron chi connectivity index (χ3n) is 7.82. The van der Waals surface area contributed by atoms with E-state index < -0.39 is 5.09 Å². The highest BCUT2D eigenvalue weighted by molar-refractivity contribution is 5.00. The molecule has 0 heterocycles. The topological polar surface area (TPSA) is 52.4 Å². The van der Waals surface area contributed by atoms with Crippen LogP contribution in [0.25, 0.3) is 0 Å². The highest BCUT2D eigenvalue weighted by Crippen LogP contribution is 2.59. The van der Waals surface area contributed by atoms with Crippen LogP contribution in [0.1, 0.15) is 71.6 Å². The van der Waals surface area contributed by atoms with E-state index in [-0.39, 0.29) is 6.10 Å². The second-order valence-corrected chi connectivity index (χ2v) is 9.54. The fraction of sp³-hybridized carbons (Fsp3) is 1.00. The molecular formula is C20H33NO3. The van der Waals surface area contributed by atoms with Crippen LogP contribution >= 0.6 is 0 Å². The van der Waals surface area contributed by atoms with Crippen molar-refractivity contribution in [3.63, 3.8) is 0 Å². The van der Waals surface area contributed by atoms with E-state index in [1.165, 1.54) is 36.5 Å². The summed E-state index contributed by atoms with van der Waals surface area (Å²) in [4.78, 5) is 14.6. The molecule has 9 unspecified atom stereocenters. The van der Waals surface area contributed by atoms with E-state index in [0.29, 0.717) is 5.92 Å². The predicted molar refractivity (Wildman–Crippen MR) is 92.7 cm³/mol. The lowest BCUT2D eigenvalue weighted by molar-refractivity contribution is -0.770. The molecule has 0 aromatic heterocycles. The average molecular weight is 335 g/mol. The van der Waals surface area contributed by atoms with E-state index in [9.17, 15) is 10.1 Å². The zero-order chi connectivity index (χ0) is 16.8. The van der Waals surface area contributed by atoms with Gasteiger partial charge in [-0.1, -0.05) is 33.1 Å². The van der Waals surface area contributed by atoms with Gasteiger partial charge in [0, 0.05) is 0 Å². The van der Waals surface area contributed by atoms with Crippen LogP contribution < -0.4 is 0 Å². The Balaban J connectivity index is 0.0000000963. The predicted octanol–water partition coefficient (Wildman–Crippen LogP) is 5.10. The first-order valence-electron chi connectivity index (χ1n) is 10.3. The van der Waals surface area contributed by atoms with Crippen molar-refractivity contribution in [3.05, 3.63) is 10.1 Å². The summed E-state index contributed by atoms with van der Waals surface area (Å²) in [7, 11) is 0. The maximum absolute atomic E-state index is 10.0. The molecule has 0 bridgehead atoms. The molecule has 6 saturated carbocycles. The summed E-state index contributed by atoms with van der Waals surface area (Å²) < 4.78 is 0. The Morgan fingerprint density at radius 1 is 0.792 bits per heavy atom. The van der Waals surface area contributed by atoms with Crippen LogP contribution in [-0.4, -0.2) is 11.2 Å². The van der Waals surface area contributed by atoms with E-state index >= 15 is 0 Å². The molecule has 136 valence electrons. The summed E-state index contributed by atoms with van der Waals surface area (Å²) in [6, 6.07) is 0. The Kier molecular flexibility index (Phi) is 4.51. The van der Waals surface area contributed by atoms with Crippen LogP contribution in [0.4, 0.5) is 0 Å². The zero-order valence-corrected chi connectivity index (χ0v) is 15.2. The van der Waals surface area contributed by atoms with Crippen molar-refractivity contribution in [2.45, 2.75) is 77.7 Å². The number of fused-ring (bicyclic) bond motifs is 3. The van der Waals surface area contributed by atoms with Gasteiger partial charge in [0.25, 0.3) is 5.09 Å². The number of rotatable bonds is 2. The summed E-state index contributed by atoms with van der Waals surface area (Å²) in [5, 5.41) is 9.37. The Bertz CT molecular complexity index is 482. The van der Waals surface area contributed by atoms with E-state index in [1.54, 1.807) is 25.7 Å². The molecule has 6 fully saturated rings. The molecule has 0 saturated heterocycles. The molecule has 0 amide bonds. The van der Waals surface area contributed by atoms with Gasteiger partial charge in [-0.15, -0.1) is 10.1 Å². The molecule has 6 rings (SSSR count). The molecule has 9 atom stereocenters. The quantitative estimate of drug-likeness (QED) is 0.521. The smallest absolute Gasteiger partial charge is 0.294 e. The maximum atomic E-state index is 10.0. The summed E-state index contributed by atoms with van der Waals surface area (Å²) in [6.07, 6.45) is 12.1. The molecule has 4 heteroatoms. The highest BCUT2D eigenvalue weighted by atomic mass is 17.0. The number of hydrogen-bond acceptors (Lipinski definition) is 3. The maximum Gasteiger partial charge on any atom is 0.294 e. The Hall–Kier alpha value is -0.800. The lowest BCUT2D eigenvalue weighted by Crippen LogP contribution is -2.22. The van der Waals surface area contributed by atoms with E-state index in [1.807, 2.05) is 0 Å². The van der Waals surface area contributed by atoms with Crippen molar-refractivity contribution in [2.24, 2.45) is 47.3 Å². The summed E-state index contributed by atoms with van der Waals surface area (Å²) in [5.74, 6) is 8.22. The molecule has 0 aromatic rings. The normalized spacial score (nSPS) is 51.0. The zero-order valence-electron chi connectivity index (χ0n) is 15.2. The van der Waals surface area contributed by atoms with Gasteiger partial charge in [-0.2, -0.15) is 0 Å². The Morgan fingerprint density at radius 3 is 1.83 bits per heavy atom. The monoisotopic (exact) mass is 335 g/mol. The van der Waals surface area contributed by atoms with Crippen LogP contribution in [-0.2, 0) is 4.84 Å². The molecule has 0 N–H and O–H groups in total. The molecular weight excluding hydrogens is 302 g/mol. The Labute approximate surface area is 145 Å². The van der Waals surface area contributed by atoms with Gasteiger partial charge in [-0.3, -0.25) is 0 Å². The van der Waals surface area contributed by atoms with Gasteiger partial charge in [0.2, 0.25) is 0 Å². The lowest BCUT2D eigenvalue weighted by Gasteiger charge is -2.18. The minimum absolute atomic E-state index is 0.0799.